The maximum Gasteiger partial charge on any atom is 0.329 e. The van der Waals surface area contributed by atoms with Crippen LogP contribution in [-0.4, -0.2) is 48.1 Å². The van der Waals surface area contributed by atoms with E-state index >= 15 is 0 Å². The molecule has 2 aliphatic rings. The van der Waals surface area contributed by atoms with Gasteiger partial charge in [-0.2, -0.15) is 0 Å². The highest BCUT2D eigenvalue weighted by atomic mass is 79.9. The smallest absolute Gasteiger partial charge is 0.329 e. The molecule has 2 atom stereocenters. The van der Waals surface area contributed by atoms with Gasteiger partial charge in [0.25, 0.3) is 11.6 Å². The molecule has 2 aromatic rings. The Morgan fingerprint density at radius 2 is 2.06 bits per heavy atom. The highest BCUT2D eigenvalue weighted by Gasteiger charge is 2.52. The van der Waals surface area contributed by atoms with E-state index in [0.717, 1.165) is 31.0 Å². The predicted molar refractivity (Wildman–Crippen MR) is 133 cm³/mol. The van der Waals surface area contributed by atoms with Crippen LogP contribution in [0.2, 0.25) is 5.02 Å². The first-order valence-electron chi connectivity index (χ1n) is 11.2. The monoisotopic (exact) mass is 534 g/mol. The summed E-state index contributed by atoms with van der Waals surface area (Å²) in [4.78, 5) is 30.0. The van der Waals surface area contributed by atoms with Crippen LogP contribution in [0.3, 0.4) is 0 Å². The summed E-state index contributed by atoms with van der Waals surface area (Å²) in [5.74, 6) is 0.0383. The number of anilines is 2. The predicted octanol–water partition coefficient (Wildman–Crippen LogP) is 4.54. The molecule has 0 bridgehead atoms. The maximum absolute atomic E-state index is 13.5. The summed E-state index contributed by atoms with van der Waals surface area (Å²) in [6.07, 6.45) is 3.22. The van der Waals surface area contributed by atoms with Crippen LogP contribution in [0.4, 0.5) is 16.2 Å². The van der Waals surface area contributed by atoms with Crippen molar-refractivity contribution < 1.29 is 14.7 Å². The Morgan fingerprint density at radius 1 is 1.30 bits per heavy atom. The molecule has 2 aliphatic heterocycles. The highest BCUT2D eigenvalue weighted by molar-refractivity contribution is 9.10. The van der Waals surface area contributed by atoms with E-state index in [1.165, 1.54) is 12.8 Å². The Labute approximate surface area is 207 Å². The van der Waals surface area contributed by atoms with Crippen LogP contribution in [0.25, 0.3) is 0 Å². The number of carbonyl (C=O) groups is 2. The second-order valence-electron chi connectivity index (χ2n) is 8.76. The Hall–Kier alpha value is -2.13. The summed E-state index contributed by atoms with van der Waals surface area (Å²) in [7, 11) is 0. The van der Waals surface area contributed by atoms with Crippen molar-refractivity contribution in [2.75, 3.05) is 36.4 Å². The molecule has 0 aliphatic carbocycles. The molecular formula is C24H28BrClN4O3. The number of piperidine rings is 1. The Kier molecular flexibility index (Phi) is 7.28. The molecule has 0 spiro atoms. The third kappa shape index (κ3) is 5.04. The van der Waals surface area contributed by atoms with Gasteiger partial charge in [-0.3, -0.25) is 9.69 Å². The molecule has 176 valence electrons. The van der Waals surface area contributed by atoms with Crippen molar-refractivity contribution in [1.29, 1.82) is 0 Å². The Morgan fingerprint density at radius 3 is 2.79 bits per heavy atom. The number of likely N-dealkylation sites (tertiary alicyclic amines) is 1. The minimum absolute atomic E-state index is 0.286. The zero-order valence-electron chi connectivity index (χ0n) is 18.5. The van der Waals surface area contributed by atoms with E-state index in [2.05, 4.69) is 38.4 Å². The van der Waals surface area contributed by atoms with Gasteiger partial charge in [-0.15, -0.1) is 0 Å². The van der Waals surface area contributed by atoms with Gasteiger partial charge in [0.2, 0.25) is 0 Å². The van der Waals surface area contributed by atoms with Crippen molar-refractivity contribution in [2.24, 2.45) is 5.92 Å². The number of fused-ring (bicyclic) bond motifs is 1. The maximum atomic E-state index is 13.5. The van der Waals surface area contributed by atoms with E-state index in [-0.39, 0.29) is 5.56 Å². The molecule has 0 saturated carbocycles. The van der Waals surface area contributed by atoms with Crippen molar-refractivity contribution in [3.8, 4) is 0 Å². The second-order valence-corrected chi connectivity index (χ2v) is 10.1. The fourth-order valence-corrected chi connectivity index (χ4v) is 5.08. The summed E-state index contributed by atoms with van der Waals surface area (Å²) < 4.78 is 0.680. The zero-order valence-corrected chi connectivity index (χ0v) is 20.8. The van der Waals surface area contributed by atoms with Crippen molar-refractivity contribution in [2.45, 2.75) is 31.9 Å². The molecule has 9 heteroatoms. The van der Waals surface area contributed by atoms with Gasteiger partial charge in [-0.25, -0.2) is 4.79 Å². The molecule has 7 nitrogen and oxygen atoms in total. The summed E-state index contributed by atoms with van der Waals surface area (Å²) in [5.41, 5.74) is -1.21. The topological polar surface area (TPSA) is 84.9 Å². The van der Waals surface area contributed by atoms with Gasteiger partial charge in [0, 0.05) is 33.8 Å². The lowest BCUT2D eigenvalue weighted by Gasteiger charge is -2.42. The van der Waals surface area contributed by atoms with Gasteiger partial charge in [0.05, 0.1) is 5.69 Å². The number of urea groups is 1. The number of benzene rings is 2. The molecule has 2 heterocycles. The molecule has 2 unspecified atom stereocenters. The first-order valence-corrected chi connectivity index (χ1v) is 12.4. The largest absolute Gasteiger partial charge is 0.359 e. The number of halogens is 2. The summed E-state index contributed by atoms with van der Waals surface area (Å²) in [6, 6.07) is 10.9. The van der Waals surface area contributed by atoms with Crippen LogP contribution < -0.4 is 15.5 Å². The van der Waals surface area contributed by atoms with Gasteiger partial charge in [0.15, 0.2) is 0 Å². The van der Waals surface area contributed by atoms with Gasteiger partial charge in [0.1, 0.15) is 0 Å². The summed E-state index contributed by atoms with van der Waals surface area (Å²) >= 11 is 9.42. The van der Waals surface area contributed by atoms with Crippen molar-refractivity contribution >= 4 is 50.8 Å². The number of carbonyl (C=O) groups excluding carboxylic acids is 2. The van der Waals surface area contributed by atoms with Crippen LogP contribution in [0.1, 0.15) is 31.7 Å². The van der Waals surface area contributed by atoms with Gasteiger partial charge in [-0.05, 0) is 80.7 Å². The van der Waals surface area contributed by atoms with Crippen molar-refractivity contribution in [3.63, 3.8) is 0 Å². The summed E-state index contributed by atoms with van der Waals surface area (Å²) in [6.45, 7) is 5.69. The van der Waals surface area contributed by atoms with E-state index in [4.69, 9.17) is 11.6 Å². The lowest BCUT2D eigenvalue weighted by atomic mass is 9.94. The van der Waals surface area contributed by atoms with Crippen LogP contribution in [0, 0.1) is 5.92 Å². The third-order valence-corrected chi connectivity index (χ3v) is 6.95. The number of rotatable bonds is 6. The number of aliphatic hydroxyl groups is 1. The summed E-state index contributed by atoms with van der Waals surface area (Å²) in [5, 5.41) is 17.9. The number of amides is 3. The van der Waals surface area contributed by atoms with Gasteiger partial charge in [-0.1, -0.05) is 34.5 Å². The van der Waals surface area contributed by atoms with Crippen LogP contribution in [-0.2, 0) is 10.5 Å². The zero-order chi connectivity index (χ0) is 23.6. The lowest BCUT2D eigenvalue weighted by Crippen LogP contribution is -2.62. The number of hydrogen-bond donors (Lipinski definition) is 3. The minimum Gasteiger partial charge on any atom is -0.359 e. The Bertz CT molecular complexity index is 1030. The lowest BCUT2D eigenvalue weighted by molar-refractivity contribution is -0.140. The number of nitrogens with zero attached hydrogens (tertiary/aromatic N) is 2. The average Bonchev–Trinajstić information content (AvgIpc) is 2.78. The standard InChI is InChI=1S/C24H28BrClN4O3/c1-16-4-2-12-29(15-16)13-3-11-27-22(31)24(33)20-14-17(25)5-10-21(20)28-23(32)30(24)19-8-6-18(26)7-9-19/h5-10,14,16,33H,2-4,11-13,15H2,1H3,(H,27,31)(H,28,32). The molecule has 1 saturated heterocycles. The average molecular weight is 536 g/mol. The van der Waals surface area contributed by atoms with E-state index < -0.39 is 17.7 Å². The quantitative estimate of drug-likeness (QED) is 0.474. The van der Waals surface area contributed by atoms with E-state index in [1.807, 2.05) is 0 Å². The molecule has 3 N–H and O–H groups in total. The molecular weight excluding hydrogens is 508 g/mol. The third-order valence-electron chi connectivity index (χ3n) is 6.20. The molecule has 2 aromatic carbocycles. The number of hydrogen-bond acceptors (Lipinski definition) is 4. The molecule has 1 fully saturated rings. The van der Waals surface area contributed by atoms with Crippen LogP contribution in [0.15, 0.2) is 46.9 Å². The van der Waals surface area contributed by atoms with E-state index in [1.54, 1.807) is 42.5 Å². The van der Waals surface area contributed by atoms with Crippen LogP contribution >= 0.6 is 27.5 Å². The van der Waals surface area contributed by atoms with E-state index in [9.17, 15) is 14.7 Å². The molecule has 4 rings (SSSR count). The molecule has 0 radical (unpaired) electrons. The number of nitrogens with one attached hydrogen (secondary N) is 2. The highest BCUT2D eigenvalue weighted by Crippen LogP contribution is 2.41. The fraction of sp³-hybridized carbons (Fsp3) is 0.417. The minimum atomic E-state index is -2.23. The molecule has 33 heavy (non-hydrogen) atoms. The van der Waals surface area contributed by atoms with Crippen LogP contribution in [0.5, 0.6) is 0 Å². The molecule has 3 amide bonds. The van der Waals surface area contributed by atoms with Crippen molar-refractivity contribution in [1.82, 2.24) is 10.2 Å². The van der Waals surface area contributed by atoms with E-state index in [0.29, 0.717) is 33.3 Å². The normalized spacial score (nSPS) is 23.1. The first kappa shape index (κ1) is 24.0. The van der Waals surface area contributed by atoms with Gasteiger partial charge < -0.3 is 20.6 Å². The van der Waals surface area contributed by atoms with Crippen molar-refractivity contribution in [3.05, 3.63) is 57.5 Å². The first-order chi connectivity index (χ1) is 15.8. The molecule has 0 aromatic heterocycles. The van der Waals surface area contributed by atoms with Gasteiger partial charge >= 0.3 is 6.03 Å². The second kappa shape index (κ2) is 10.0. The Balaban J connectivity index is 1.57. The SMILES string of the molecule is CC1CCCN(CCCNC(=O)C2(O)c3cc(Br)ccc3NC(=O)N2c2ccc(Cl)cc2)C1. The fourth-order valence-electron chi connectivity index (χ4n) is 4.59.